The predicted octanol–water partition coefficient (Wildman–Crippen LogP) is 4.92. The molecular formula is C17H15BrN2. The first kappa shape index (κ1) is 13.1. The zero-order chi connectivity index (χ0) is 14.1. The van der Waals surface area contributed by atoms with Gasteiger partial charge in [0.15, 0.2) is 0 Å². The minimum absolute atomic E-state index is 1.09. The van der Waals surface area contributed by atoms with Gasteiger partial charge in [0.1, 0.15) is 0 Å². The van der Waals surface area contributed by atoms with Gasteiger partial charge in [0.05, 0.1) is 11.9 Å². The normalized spacial score (nSPS) is 10.8. The molecule has 3 aromatic rings. The second-order valence-electron chi connectivity index (χ2n) is 4.97. The molecule has 0 saturated heterocycles. The summed E-state index contributed by atoms with van der Waals surface area (Å²) in [7, 11) is 0. The quantitative estimate of drug-likeness (QED) is 0.653. The molecule has 1 aromatic heterocycles. The highest BCUT2D eigenvalue weighted by Gasteiger charge is 2.05. The Balaban J connectivity index is 1.99. The largest absolute Gasteiger partial charge is 0.240 e. The molecule has 0 spiro atoms. The van der Waals surface area contributed by atoms with Gasteiger partial charge in [-0.2, -0.15) is 5.10 Å². The molecule has 1 heterocycles. The Morgan fingerprint density at radius 1 is 0.950 bits per heavy atom. The molecule has 0 N–H and O–H groups in total. The minimum Gasteiger partial charge on any atom is -0.240 e. The zero-order valence-corrected chi connectivity index (χ0v) is 13.1. The van der Waals surface area contributed by atoms with Crippen molar-refractivity contribution in [3.8, 4) is 16.8 Å². The Hall–Kier alpha value is -1.87. The number of halogens is 1. The second-order valence-corrected chi connectivity index (χ2v) is 5.89. The number of aromatic nitrogens is 2. The van der Waals surface area contributed by atoms with E-state index in [1.165, 1.54) is 16.7 Å². The van der Waals surface area contributed by atoms with Gasteiger partial charge < -0.3 is 0 Å². The fourth-order valence-electron chi connectivity index (χ4n) is 2.31. The highest BCUT2D eigenvalue weighted by atomic mass is 79.9. The molecule has 2 nitrogen and oxygen atoms in total. The van der Waals surface area contributed by atoms with Gasteiger partial charge in [-0.3, -0.25) is 0 Å². The maximum Gasteiger partial charge on any atom is 0.0675 e. The maximum absolute atomic E-state index is 4.48. The first-order valence-electron chi connectivity index (χ1n) is 6.52. The summed E-state index contributed by atoms with van der Waals surface area (Å²) in [6, 6.07) is 14.7. The first-order chi connectivity index (χ1) is 9.63. The predicted molar refractivity (Wildman–Crippen MR) is 86.2 cm³/mol. The lowest BCUT2D eigenvalue weighted by molar-refractivity contribution is 0.872. The lowest BCUT2D eigenvalue weighted by atomic mass is 10.1. The molecule has 0 unspecified atom stereocenters. The first-order valence-corrected chi connectivity index (χ1v) is 7.31. The third-order valence-corrected chi connectivity index (χ3v) is 3.89. The van der Waals surface area contributed by atoms with Crippen LogP contribution in [0.1, 0.15) is 11.1 Å². The van der Waals surface area contributed by atoms with Gasteiger partial charge in [-0.25, -0.2) is 4.68 Å². The SMILES string of the molecule is Cc1ccc(-n2cc(-c3ccc(Br)cc3)cn2)c(C)c1. The van der Waals surface area contributed by atoms with E-state index in [0.717, 1.165) is 15.7 Å². The average Bonchev–Trinajstić information content (AvgIpc) is 2.89. The Morgan fingerprint density at radius 2 is 1.70 bits per heavy atom. The molecule has 0 aliphatic heterocycles. The molecule has 0 atom stereocenters. The van der Waals surface area contributed by atoms with Gasteiger partial charge in [-0.05, 0) is 43.2 Å². The molecule has 0 aliphatic carbocycles. The van der Waals surface area contributed by atoms with Crippen LogP contribution in [0.2, 0.25) is 0 Å². The fraction of sp³-hybridized carbons (Fsp3) is 0.118. The van der Waals surface area contributed by atoms with Crippen molar-refractivity contribution in [1.82, 2.24) is 9.78 Å². The van der Waals surface area contributed by atoms with Crippen molar-refractivity contribution in [2.24, 2.45) is 0 Å². The van der Waals surface area contributed by atoms with Gasteiger partial charge in [-0.15, -0.1) is 0 Å². The van der Waals surface area contributed by atoms with E-state index in [9.17, 15) is 0 Å². The molecule has 3 rings (SSSR count). The van der Waals surface area contributed by atoms with Gasteiger partial charge in [-0.1, -0.05) is 45.8 Å². The topological polar surface area (TPSA) is 17.8 Å². The summed E-state index contributed by atoms with van der Waals surface area (Å²) in [5.41, 5.74) is 5.92. The summed E-state index contributed by atoms with van der Waals surface area (Å²) in [5, 5.41) is 4.48. The monoisotopic (exact) mass is 326 g/mol. The molecule has 3 heteroatoms. The van der Waals surface area contributed by atoms with E-state index in [4.69, 9.17) is 0 Å². The van der Waals surface area contributed by atoms with Crippen LogP contribution in [0, 0.1) is 13.8 Å². The Labute approximate surface area is 127 Å². The molecule has 0 fully saturated rings. The number of aryl methyl sites for hydroxylation is 2. The third kappa shape index (κ3) is 2.54. The van der Waals surface area contributed by atoms with Crippen LogP contribution in [0.3, 0.4) is 0 Å². The van der Waals surface area contributed by atoms with Crippen LogP contribution in [0.5, 0.6) is 0 Å². The summed E-state index contributed by atoms with van der Waals surface area (Å²) in [5.74, 6) is 0. The summed E-state index contributed by atoms with van der Waals surface area (Å²) in [4.78, 5) is 0. The Bertz CT molecular complexity index is 742. The third-order valence-electron chi connectivity index (χ3n) is 3.36. The summed E-state index contributed by atoms with van der Waals surface area (Å²) in [6.45, 7) is 4.22. The van der Waals surface area contributed by atoms with Gasteiger partial charge in [0.2, 0.25) is 0 Å². The standard InChI is InChI=1S/C17H15BrN2/c1-12-3-8-17(13(2)9-12)20-11-15(10-19-20)14-4-6-16(18)7-5-14/h3-11H,1-2H3. The molecule has 20 heavy (non-hydrogen) atoms. The summed E-state index contributed by atoms with van der Waals surface area (Å²) >= 11 is 3.46. The second kappa shape index (κ2) is 5.25. The Morgan fingerprint density at radius 3 is 2.40 bits per heavy atom. The summed E-state index contributed by atoms with van der Waals surface area (Å²) in [6.07, 6.45) is 3.98. The van der Waals surface area contributed by atoms with Crippen molar-refractivity contribution in [2.75, 3.05) is 0 Å². The van der Waals surface area contributed by atoms with Crippen molar-refractivity contribution >= 4 is 15.9 Å². The van der Waals surface area contributed by atoms with Crippen LogP contribution in [-0.4, -0.2) is 9.78 Å². The smallest absolute Gasteiger partial charge is 0.0675 e. The van der Waals surface area contributed by atoms with Crippen molar-refractivity contribution in [3.05, 3.63) is 70.5 Å². The highest BCUT2D eigenvalue weighted by Crippen LogP contribution is 2.23. The average molecular weight is 327 g/mol. The van der Waals surface area contributed by atoms with E-state index in [2.05, 4.69) is 71.4 Å². The van der Waals surface area contributed by atoms with Crippen LogP contribution in [-0.2, 0) is 0 Å². The van der Waals surface area contributed by atoms with E-state index >= 15 is 0 Å². The van der Waals surface area contributed by atoms with E-state index in [1.807, 2.05) is 23.0 Å². The number of rotatable bonds is 2. The molecule has 0 bridgehead atoms. The molecule has 0 aliphatic rings. The van der Waals surface area contributed by atoms with Gasteiger partial charge in [0.25, 0.3) is 0 Å². The van der Waals surface area contributed by atoms with E-state index in [-0.39, 0.29) is 0 Å². The van der Waals surface area contributed by atoms with Crippen molar-refractivity contribution in [3.63, 3.8) is 0 Å². The molecule has 100 valence electrons. The van der Waals surface area contributed by atoms with Gasteiger partial charge >= 0.3 is 0 Å². The highest BCUT2D eigenvalue weighted by molar-refractivity contribution is 9.10. The lowest BCUT2D eigenvalue weighted by Gasteiger charge is -2.06. The van der Waals surface area contributed by atoms with Crippen LogP contribution in [0.15, 0.2) is 59.3 Å². The lowest BCUT2D eigenvalue weighted by Crippen LogP contribution is -1.97. The molecule has 0 amide bonds. The number of nitrogens with zero attached hydrogens (tertiary/aromatic N) is 2. The van der Waals surface area contributed by atoms with Crippen LogP contribution in [0.25, 0.3) is 16.8 Å². The van der Waals surface area contributed by atoms with Crippen molar-refractivity contribution < 1.29 is 0 Å². The maximum atomic E-state index is 4.48. The van der Waals surface area contributed by atoms with Crippen molar-refractivity contribution in [1.29, 1.82) is 0 Å². The number of hydrogen-bond donors (Lipinski definition) is 0. The molecule has 2 aromatic carbocycles. The van der Waals surface area contributed by atoms with E-state index in [0.29, 0.717) is 0 Å². The van der Waals surface area contributed by atoms with Crippen molar-refractivity contribution in [2.45, 2.75) is 13.8 Å². The Kier molecular flexibility index (Phi) is 3.45. The van der Waals surface area contributed by atoms with E-state index in [1.54, 1.807) is 0 Å². The minimum atomic E-state index is 1.09. The van der Waals surface area contributed by atoms with Crippen LogP contribution < -0.4 is 0 Å². The van der Waals surface area contributed by atoms with Crippen LogP contribution >= 0.6 is 15.9 Å². The summed E-state index contributed by atoms with van der Waals surface area (Å²) < 4.78 is 3.02. The van der Waals surface area contributed by atoms with E-state index < -0.39 is 0 Å². The van der Waals surface area contributed by atoms with Gasteiger partial charge in [0, 0.05) is 16.2 Å². The number of benzene rings is 2. The molecule has 0 saturated carbocycles. The van der Waals surface area contributed by atoms with Crippen LogP contribution in [0.4, 0.5) is 0 Å². The fourth-order valence-corrected chi connectivity index (χ4v) is 2.57. The molecular weight excluding hydrogens is 312 g/mol. The molecule has 0 radical (unpaired) electrons. The zero-order valence-electron chi connectivity index (χ0n) is 11.5. The number of hydrogen-bond acceptors (Lipinski definition) is 1.